The van der Waals surface area contributed by atoms with Gasteiger partial charge < -0.3 is 15.7 Å². The first-order chi connectivity index (χ1) is 2.41. The van der Waals surface area contributed by atoms with E-state index in [2.05, 4.69) is 0 Å². The van der Waals surface area contributed by atoms with Crippen LogP contribution in [-0.2, 0) is 4.79 Å². The van der Waals surface area contributed by atoms with Gasteiger partial charge in [0.1, 0.15) is 0 Å². The quantitative estimate of drug-likeness (QED) is 0.593. The minimum absolute atomic E-state index is 0. The Labute approximate surface area is 84.0 Å². The Balaban J connectivity index is -0.00000000246. The molecular formula is C2H12Cl4O4. The standard InChI is InChI=1S/CH2O2.CH4O.4ClH.H2O/c2-1-3;1-2;;;;;/h1H,(H,2,3);2H,1H3;4*1H;1H2. The van der Waals surface area contributed by atoms with Gasteiger partial charge >= 0.3 is 0 Å². The van der Waals surface area contributed by atoms with Crippen LogP contribution in [0.3, 0.4) is 0 Å². The molecule has 0 aliphatic rings. The molecule has 0 aromatic carbocycles. The van der Waals surface area contributed by atoms with Crippen molar-refractivity contribution < 1.29 is 20.5 Å². The fourth-order valence-corrected chi connectivity index (χ4v) is 0. The Morgan fingerprint density at radius 3 is 1.00 bits per heavy atom. The molecule has 4 nitrogen and oxygen atoms in total. The lowest BCUT2D eigenvalue weighted by Gasteiger charge is -1.34. The van der Waals surface area contributed by atoms with Gasteiger partial charge in [0, 0.05) is 7.11 Å². The predicted molar refractivity (Wildman–Crippen MR) is 49.4 cm³/mol. The summed E-state index contributed by atoms with van der Waals surface area (Å²) in [6, 6.07) is 0. The van der Waals surface area contributed by atoms with E-state index >= 15 is 0 Å². The molecular weight excluding hydrogens is 230 g/mol. The van der Waals surface area contributed by atoms with Crippen LogP contribution >= 0.6 is 49.6 Å². The highest BCUT2D eigenvalue weighted by molar-refractivity contribution is 5.86. The van der Waals surface area contributed by atoms with Gasteiger partial charge in [-0.15, -0.1) is 49.6 Å². The summed E-state index contributed by atoms with van der Waals surface area (Å²) in [7, 11) is 1.00. The number of rotatable bonds is 0. The van der Waals surface area contributed by atoms with E-state index < -0.39 is 0 Å². The number of hydrogen-bond acceptors (Lipinski definition) is 2. The van der Waals surface area contributed by atoms with Crippen molar-refractivity contribution in [1.29, 1.82) is 0 Å². The zero-order valence-corrected chi connectivity index (χ0v) is 8.28. The average Bonchev–Trinajstić information content (AvgIpc) is 1.46. The number of aliphatic hydroxyl groups excluding tert-OH is 1. The van der Waals surface area contributed by atoms with Crippen molar-refractivity contribution in [3.63, 3.8) is 0 Å². The molecule has 0 saturated heterocycles. The molecule has 0 rings (SSSR count). The Morgan fingerprint density at radius 1 is 1.00 bits per heavy atom. The third-order valence-corrected chi connectivity index (χ3v) is 0. The largest absolute Gasteiger partial charge is 0.483 e. The zero-order valence-electron chi connectivity index (χ0n) is 5.01. The molecule has 0 saturated carbocycles. The Bertz CT molecular complexity index is 22.7. The van der Waals surface area contributed by atoms with Crippen molar-refractivity contribution >= 4 is 56.1 Å². The number of hydrogen-bond donors (Lipinski definition) is 2. The van der Waals surface area contributed by atoms with Crippen molar-refractivity contribution in [2.75, 3.05) is 7.11 Å². The molecule has 0 heterocycles. The van der Waals surface area contributed by atoms with Crippen LogP contribution in [0.25, 0.3) is 0 Å². The second kappa shape index (κ2) is 291. The first kappa shape index (κ1) is 76.3. The molecule has 0 aliphatic heterocycles. The predicted octanol–water partition coefficient (Wildman–Crippen LogP) is 0.172. The van der Waals surface area contributed by atoms with Gasteiger partial charge in [-0.3, -0.25) is 4.79 Å². The van der Waals surface area contributed by atoms with Gasteiger partial charge in [-0.05, 0) is 0 Å². The van der Waals surface area contributed by atoms with Gasteiger partial charge in [0.2, 0.25) is 0 Å². The second-order valence-electron chi connectivity index (χ2n) is 0.105. The summed E-state index contributed by atoms with van der Waals surface area (Å²) in [5.74, 6) is 0. The van der Waals surface area contributed by atoms with Crippen molar-refractivity contribution in [2.24, 2.45) is 0 Å². The fraction of sp³-hybridized carbons (Fsp3) is 0.500. The van der Waals surface area contributed by atoms with Gasteiger partial charge in [-0.25, -0.2) is 0 Å². The van der Waals surface area contributed by atoms with Crippen molar-refractivity contribution in [3.8, 4) is 0 Å². The minimum atomic E-state index is -0.250. The smallest absolute Gasteiger partial charge is 0.290 e. The summed E-state index contributed by atoms with van der Waals surface area (Å²) in [4.78, 5) is 8.36. The lowest BCUT2D eigenvalue weighted by Crippen LogP contribution is -1.49. The van der Waals surface area contributed by atoms with Crippen molar-refractivity contribution in [2.45, 2.75) is 0 Å². The maximum absolute atomic E-state index is 8.36. The molecule has 0 aliphatic carbocycles. The van der Waals surface area contributed by atoms with Crippen molar-refractivity contribution in [3.05, 3.63) is 0 Å². The molecule has 72 valence electrons. The molecule has 0 unspecified atom stereocenters. The molecule has 0 atom stereocenters. The maximum Gasteiger partial charge on any atom is 0.290 e. The molecule has 0 bridgehead atoms. The van der Waals surface area contributed by atoms with Gasteiger partial charge in [-0.2, -0.15) is 0 Å². The summed E-state index contributed by atoms with van der Waals surface area (Å²) in [5, 5.41) is 13.9. The SMILES string of the molecule is CO.Cl.Cl.Cl.Cl.O.O=CO. The lowest BCUT2D eigenvalue weighted by molar-refractivity contribution is -0.122. The van der Waals surface area contributed by atoms with E-state index in [0.29, 0.717) is 0 Å². The molecule has 10 heavy (non-hydrogen) atoms. The Hall–Kier alpha value is 0.550. The van der Waals surface area contributed by atoms with Crippen LogP contribution in [0, 0.1) is 0 Å². The average molecular weight is 242 g/mol. The number of aliphatic hydroxyl groups is 1. The van der Waals surface area contributed by atoms with Gasteiger partial charge in [0.15, 0.2) is 0 Å². The first-order valence-electron chi connectivity index (χ1n) is 0.941. The van der Waals surface area contributed by atoms with E-state index in [0.717, 1.165) is 7.11 Å². The van der Waals surface area contributed by atoms with Gasteiger partial charge in [0.05, 0.1) is 0 Å². The first-order valence-corrected chi connectivity index (χ1v) is 0.941. The van der Waals surface area contributed by atoms with E-state index in [1.165, 1.54) is 0 Å². The number of halogens is 4. The van der Waals surface area contributed by atoms with Crippen LogP contribution in [0.2, 0.25) is 0 Å². The van der Waals surface area contributed by atoms with Crippen LogP contribution in [0.5, 0.6) is 0 Å². The highest BCUT2D eigenvalue weighted by atomic mass is 35.5. The normalized spacial score (nSPS) is 1.80. The van der Waals surface area contributed by atoms with E-state index in [1.54, 1.807) is 0 Å². The van der Waals surface area contributed by atoms with Crippen LogP contribution < -0.4 is 0 Å². The lowest BCUT2D eigenvalue weighted by atomic mass is 11.7. The molecule has 0 fully saturated rings. The molecule has 0 spiro atoms. The molecule has 0 aromatic rings. The maximum atomic E-state index is 8.36. The van der Waals surface area contributed by atoms with E-state index in [9.17, 15) is 0 Å². The van der Waals surface area contributed by atoms with Crippen molar-refractivity contribution in [1.82, 2.24) is 0 Å². The Kier molecular flexibility index (Phi) is 2220. The van der Waals surface area contributed by atoms with E-state index in [4.69, 9.17) is 15.0 Å². The summed E-state index contributed by atoms with van der Waals surface area (Å²) < 4.78 is 0. The van der Waals surface area contributed by atoms with Gasteiger partial charge in [0.25, 0.3) is 6.47 Å². The highest BCUT2D eigenvalue weighted by Gasteiger charge is 1.22. The van der Waals surface area contributed by atoms with Crippen LogP contribution in [0.15, 0.2) is 0 Å². The van der Waals surface area contributed by atoms with E-state index in [1.807, 2.05) is 0 Å². The molecule has 4 N–H and O–H groups in total. The third kappa shape index (κ3) is 1610. The highest BCUT2D eigenvalue weighted by Crippen LogP contribution is 0.966. The second-order valence-corrected chi connectivity index (χ2v) is 0.105. The third-order valence-electron chi connectivity index (χ3n) is 0. The molecule has 8 heteroatoms. The van der Waals surface area contributed by atoms with Crippen LogP contribution in [0.4, 0.5) is 0 Å². The van der Waals surface area contributed by atoms with Gasteiger partial charge in [-0.1, -0.05) is 0 Å². The summed E-state index contributed by atoms with van der Waals surface area (Å²) >= 11 is 0. The number of carbonyl (C=O) groups is 1. The topological polar surface area (TPSA) is 89.0 Å². The molecule has 0 radical (unpaired) electrons. The van der Waals surface area contributed by atoms with Crippen LogP contribution in [-0.4, -0.2) is 29.3 Å². The number of carboxylic acid groups (broad SMARTS) is 1. The summed E-state index contributed by atoms with van der Waals surface area (Å²) in [6.07, 6.45) is 0. The monoisotopic (exact) mass is 240 g/mol. The Morgan fingerprint density at radius 2 is 1.00 bits per heavy atom. The molecule has 0 aromatic heterocycles. The van der Waals surface area contributed by atoms with Crippen LogP contribution in [0.1, 0.15) is 0 Å². The summed E-state index contributed by atoms with van der Waals surface area (Å²) in [5.41, 5.74) is 0. The minimum Gasteiger partial charge on any atom is -0.483 e. The summed E-state index contributed by atoms with van der Waals surface area (Å²) in [6.45, 7) is -0.250. The zero-order chi connectivity index (χ0) is 4.71. The fourth-order valence-electron chi connectivity index (χ4n) is 0. The molecule has 0 amide bonds. The van der Waals surface area contributed by atoms with E-state index in [-0.39, 0.29) is 61.6 Å².